The molecule has 4 heteroatoms. The van der Waals surface area contributed by atoms with Crippen LogP contribution in [0.2, 0.25) is 5.15 Å². The summed E-state index contributed by atoms with van der Waals surface area (Å²) in [6, 6.07) is 5.82. The van der Waals surface area contributed by atoms with Gasteiger partial charge in [-0.3, -0.25) is 0 Å². The van der Waals surface area contributed by atoms with Gasteiger partial charge >= 0.3 is 0 Å². The van der Waals surface area contributed by atoms with Crippen LogP contribution >= 0.6 is 11.6 Å². The molecule has 2 heterocycles. The van der Waals surface area contributed by atoms with Crippen molar-refractivity contribution in [3.05, 3.63) is 29.0 Å². The standard InChI is InChI=1S/C9H11ClN2O/c10-9-3-1-2-7(12-9)8-6-13-5-4-11-8/h1-3,8,11H,4-6H2. The van der Waals surface area contributed by atoms with Crippen LogP contribution in [0.15, 0.2) is 18.2 Å². The number of hydrogen-bond donors (Lipinski definition) is 1. The second-order valence-corrected chi connectivity index (χ2v) is 3.35. The highest BCUT2D eigenvalue weighted by molar-refractivity contribution is 6.29. The fraction of sp³-hybridized carbons (Fsp3) is 0.444. The van der Waals surface area contributed by atoms with Crippen molar-refractivity contribution in [2.45, 2.75) is 6.04 Å². The number of aromatic nitrogens is 1. The van der Waals surface area contributed by atoms with Crippen LogP contribution in [-0.2, 0) is 4.74 Å². The van der Waals surface area contributed by atoms with E-state index in [9.17, 15) is 0 Å². The third-order valence-corrected chi connectivity index (χ3v) is 2.23. The average Bonchev–Trinajstić information content (AvgIpc) is 2.19. The fourth-order valence-electron chi connectivity index (χ4n) is 1.37. The normalized spacial score (nSPS) is 23.0. The van der Waals surface area contributed by atoms with Gasteiger partial charge in [0.15, 0.2) is 0 Å². The minimum absolute atomic E-state index is 0.187. The predicted octanol–water partition coefficient (Wildman–Crippen LogP) is 1.40. The summed E-state index contributed by atoms with van der Waals surface area (Å²) >= 11 is 5.78. The molecular formula is C9H11ClN2O. The number of pyridine rings is 1. The number of morpholine rings is 1. The summed E-state index contributed by atoms with van der Waals surface area (Å²) in [6.07, 6.45) is 0. The lowest BCUT2D eigenvalue weighted by molar-refractivity contribution is 0.0756. The minimum atomic E-state index is 0.187. The minimum Gasteiger partial charge on any atom is -0.378 e. The molecule has 1 N–H and O–H groups in total. The van der Waals surface area contributed by atoms with Gasteiger partial charge in [0.1, 0.15) is 5.15 Å². The molecule has 3 nitrogen and oxygen atoms in total. The molecule has 70 valence electrons. The first-order valence-electron chi connectivity index (χ1n) is 4.30. The van der Waals surface area contributed by atoms with E-state index in [0.29, 0.717) is 11.8 Å². The van der Waals surface area contributed by atoms with Crippen LogP contribution in [0.4, 0.5) is 0 Å². The third kappa shape index (κ3) is 2.18. The smallest absolute Gasteiger partial charge is 0.129 e. The molecular weight excluding hydrogens is 188 g/mol. The molecule has 1 atom stereocenters. The maximum atomic E-state index is 5.78. The van der Waals surface area contributed by atoms with E-state index < -0.39 is 0 Å². The summed E-state index contributed by atoms with van der Waals surface area (Å²) in [6.45, 7) is 2.32. The Hall–Kier alpha value is -0.640. The van der Waals surface area contributed by atoms with Crippen molar-refractivity contribution in [2.24, 2.45) is 0 Å². The highest BCUT2D eigenvalue weighted by Gasteiger charge is 2.15. The maximum absolute atomic E-state index is 5.78. The molecule has 0 bridgehead atoms. The summed E-state index contributed by atoms with van der Waals surface area (Å²) in [4.78, 5) is 4.22. The number of halogens is 1. The zero-order chi connectivity index (χ0) is 9.10. The molecule has 0 aromatic carbocycles. The molecule has 13 heavy (non-hydrogen) atoms. The van der Waals surface area contributed by atoms with Gasteiger partial charge in [-0.25, -0.2) is 4.98 Å². The second kappa shape index (κ2) is 4.05. The van der Waals surface area contributed by atoms with E-state index in [2.05, 4.69) is 10.3 Å². The first kappa shape index (κ1) is 8.94. The van der Waals surface area contributed by atoms with Crippen molar-refractivity contribution in [3.63, 3.8) is 0 Å². The molecule has 0 radical (unpaired) electrons. The summed E-state index contributed by atoms with van der Waals surface area (Å²) in [5.74, 6) is 0. The van der Waals surface area contributed by atoms with Crippen LogP contribution in [-0.4, -0.2) is 24.7 Å². The van der Waals surface area contributed by atoms with Crippen LogP contribution in [0.5, 0.6) is 0 Å². The van der Waals surface area contributed by atoms with E-state index in [1.165, 1.54) is 0 Å². The van der Waals surface area contributed by atoms with Crippen LogP contribution < -0.4 is 5.32 Å². The third-order valence-electron chi connectivity index (χ3n) is 2.02. The number of hydrogen-bond acceptors (Lipinski definition) is 3. The average molecular weight is 199 g/mol. The second-order valence-electron chi connectivity index (χ2n) is 2.97. The lowest BCUT2D eigenvalue weighted by Crippen LogP contribution is -2.35. The monoisotopic (exact) mass is 198 g/mol. The van der Waals surface area contributed by atoms with Crippen LogP contribution in [0, 0.1) is 0 Å². The van der Waals surface area contributed by atoms with Crippen molar-refractivity contribution in [1.29, 1.82) is 0 Å². The first-order valence-corrected chi connectivity index (χ1v) is 4.67. The van der Waals surface area contributed by atoms with Crippen LogP contribution in [0.25, 0.3) is 0 Å². The first-order chi connectivity index (χ1) is 6.36. The number of nitrogens with one attached hydrogen (secondary N) is 1. The number of rotatable bonds is 1. The fourth-order valence-corrected chi connectivity index (χ4v) is 1.54. The Morgan fingerprint density at radius 1 is 1.54 bits per heavy atom. The van der Waals surface area contributed by atoms with Gasteiger partial charge < -0.3 is 10.1 Å². The molecule has 0 amide bonds. The van der Waals surface area contributed by atoms with Gasteiger partial charge in [-0.1, -0.05) is 17.7 Å². The highest BCUT2D eigenvalue weighted by atomic mass is 35.5. The van der Waals surface area contributed by atoms with E-state index in [4.69, 9.17) is 16.3 Å². The Labute approximate surface area is 82.1 Å². The van der Waals surface area contributed by atoms with Crippen molar-refractivity contribution >= 4 is 11.6 Å². The molecule has 1 aliphatic rings. The molecule has 1 aromatic heterocycles. The van der Waals surface area contributed by atoms with Crippen molar-refractivity contribution < 1.29 is 4.74 Å². The molecule has 1 aliphatic heterocycles. The summed E-state index contributed by atoms with van der Waals surface area (Å²) in [5, 5.41) is 3.85. The van der Waals surface area contributed by atoms with Crippen LogP contribution in [0.3, 0.4) is 0 Å². The summed E-state index contributed by atoms with van der Waals surface area (Å²) in [7, 11) is 0. The van der Waals surface area contributed by atoms with Gasteiger partial charge in [-0.15, -0.1) is 0 Å². The van der Waals surface area contributed by atoms with Gasteiger partial charge in [0.2, 0.25) is 0 Å². The topological polar surface area (TPSA) is 34.1 Å². The predicted molar refractivity (Wildman–Crippen MR) is 50.8 cm³/mol. The van der Waals surface area contributed by atoms with E-state index >= 15 is 0 Å². The molecule has 1 fully saturated rings. The van der Waals surface area contributed by atoms with Gasteiger partial charge in [-0.05, 0) is 12.1 Å². The summed E-state index contributed by atoms with van der Waals surface area (Å²) < 4.78 is 5.33. The van der Waals surface area contributed by atoms with Crippen molar-refractivity contribution in [3.8, 4) is 0 Å². The lowest BCUT2D eigenvalue weighted by atomic mass is 10.2. The Bertz CT molecular complexity index is 287. The van der Waals surface area contributed by atoms with E-state index in [1.807, 2.05) is 12.1 Å². The van der Waals surface area contributed by atoms with Crippen molar-refractivity contribution in [1.82, 2.24) is 10.3 Å². The van der Waals surface area contributed by atoms with Gasteiger partial charge in [0.05, 0.1) is 24.9 Å². The zero-order valence-electron chi connectivity index (χ0n) is 7.16. The SMILES string of the molecule is Clc1cccc(C2COCCN2)n1. The van der Waals surface area contributed by atoms with E-state index in [1.54, 1.807) is 6.07 Å². The molecule has 0 aliphatic carbocycles. The quantitative estimate of drug-likeness (QED) is 0.693. The molecule has 1 saturated heterocycles. The van der Waals surface area contributed by atoms with Gasteiger partial charge in [0.25, 0.3) is 0 Å². The molecule has 1 aromatic rings. The van der Waals surface area contributed by atoms with Crippen LogP contribution in [0.1, 0.15) is 11.7 Å². The number of ether oxygens (including phenoxy) is 1. The molecule has 1 unspecified atom stereocenters. The van der Waals surface area contributed by atoms with E-state index in [0.717, 1.165) is 18.8 Å². The largest absolute Gasteiger partial charge is 0.378 e. The van der Waals surface area contributed by atoms with E-state index in [-0.39, 0.29) is 6.04 Å². The van der Waals surface area contributed by atoms with Gasteiger partial charge in [0, 0.05) is 6.54 Å². The zero-order valence-corrected chi connectivity index (χ0v) is 7.92. The Morgan fingerprint density at radius 2 is 2.46 bits per heavy atom. The molecule has 2 rings (SSSR count). The van der Waals surface area contributed by atoms with Gasteiger partial charge in [-0.2, -0.15) is 0 Å². The number of nitrogens with zero attached hydrogens (tertiary/aromatic N) is 1. The lowest BCUT2D eigenvalue weighted by Gasteiger charge is -2.23. The Balaban J connectivity index is 2.14. The highest BCUT2D eigenvalue weighted by Crippen LogP contribution is 2.15. The summed E-state index contributed by atoms with van der Waals surface area (Å²) in [5.41, 5.74) is 0.951. The molecule has 0 spiro atoms. The Kier molecular flexibility index (Phi) is 2.78. The Morgan fingerprint density at radius 3 is 3.15 bits per heavy atom. The van der Waals surface area contributed by atoms with Crippen molar-refractivity contribution in [2.75, 3.05) is 19.8 Å². The maximum Gasteiger partial charge on any atom is 0.129 e. The molecule has 0 saturated carbocycles.